The second kappa shape index (κ2) is 15.9. The van der Waals surface area contributed by atoms with Crippen LogP contribution in [0.1, 0.15) is 57.6 Å². The second-order valence-electron chi connectivity index (χ2n) is 14.6. The number of carbonyl (C=O) groups excluding carboxylic acids is 1. The van der Waals surface area contributed by atoms with Gasteiger partial charge in [-0.2, -0.15) is 4.58 Å². The molecule has 12 heteroatoms. The first-order valence-corrected chi connectivity index (χ1v) is 18.2. The molecule has 2 saturated heterocycles. The van der Waals surface area contributed by atoms with E-state index in [0.29, 0.717) is 38.1 Å². The largest absolute Gasteiger partial charge is 0.438 e. The Kier molecular flexibility index (Phi) is 11.4. The van der Waals surface area contributed by atoms with E-state index in [1.54, 1.807) is 6.40 Å². The van der Waals surface area contributed by atoms with Crippen LogP contribution >= 0.6 is 0 Å². The lowest BCUT2D eigenvalue weighted by Crippen LogP contribution is -2.62. The number of hydrogen-bond acceptors (Lipinski definition) is 9. The van der Waals surface area contributed by atoms with Crippen LogP contribution in [0.15, 0.2) is 29.8 Å². The number of aliphatic hydroxyl groups excluding tert-OH is 1. The lowest BCUT2D eigenvalue weighted by molar-refractivity contribution is -0.522. The molecule has 3 unspecified atom stereocenters. The number of fused-ring (bicyclic) bond motifs is 1. The molecule has 1 aromatic rings. The molecular formula is C37H57N8O4+3. The smallest absolute Gasteiger partial charge is 0.420 e. The molecule has 12 nitrogen and oxygen atoms in total. The van der Waals surface area contributed by atoms with E-state index in [1.165, 1.54) is 21.3 Å². The van der Waals surface area contributed by atoms with Crippen molar-refractivity contribution in [2.45, 2.75) is 95.7 Å². The maximum atomic E-state index is 13.7. The fraction of sp³-hybridized carbons (Fsp3) is 0.649. The van der Waals surface area contributed by atoms with E-state index in [-0.39, 0.29) is 24.6 Å². The Morgan fingerprint density at radius 2 is 2.00 bits per heavy atom. The van der Waals surface area contributed by atoms with Crippen LogP contribution in [-0.4, -0.2) is 151 Å². The highest BCUT2D eigenvalue weighted by molar-refractivity contribution is 5.97. The number of likely N-dealkylation sites (N-methyl/N-ethyl adjacent to an activating group) is 1. The number of ether oxygens (including phenoxy) is 2. The molecule has 49 heavy (non-hydrogen) atoms. The number of guanidine groups is 1. The summed E-state index contributed by atoms with van der Waals surface area (Å²) in [6.07, 6.45) is 8.28. The molecule has 0 saturated carbocycles. The van der Waals surface area contributed by atoms with Crippen LogP contribution in [0, 0.1) is 0 Å². The van der Waals surface area contributed by atoms with Crippen LogP contribution in [0.3, 0.4) is 0 Å². The fourth-order valence-corrected chi connectivity index (χ4v) is 7.15. The first-order chi connectivity index (χ1) is 23.6. The van der Waals surface area contributed by atoms with Crippen LogP contribution in [0.4, 0.5) is 5.69 Å². The molecule has 0 bridgehead atoms. The number of carbonyl (C=O) groups is 1. The van der Waals surface area contributed by atoms with E-state index in [2.05, 4.69) is 82.1 Å². The number of hydrogen-bond donors (Lipinski definition) is 4. The van der Waals surface area contributed by atoms with Gasteiger partial charge in [0.1, 0.15) is 25.9 Å². The van der Waals surface area contributed by atoms with E-state index < -0.39 is 12.1 Å². The van der Waals surface area contributed by atoms with Gasteiger partial charge in [-0.05, 0) is 69.2 Å². The van der Waals surface area contributed by atoms with E-state index >= 15 is 0 Å². The fourth-order valence-electron chi connectivity index (χ4n) is 7.15. The summed E-state index contributed by atoms with van der Waals surface area (Å²) in [6, 6.07) is 7.24. The normalized spacial score (nSPS) is 25.0. The third kappa shape index (κ3) is 8.91. The molecule has 0 radical (unpaired) electrons. The zero-order valence-electron chi connectivity index (χ0n) is 29.9. The molecule has 0 aromatic heterocycles. The Hall–Kier alpha value is -3.70. The number of nitrogens with zero attached hydrogens (tertiary/aromatic N) is 5. The zero-order valence-corrected chi connectivity index (χ0v) is 29.9. The Labute approximate surface area is 291 Å². The number of benzene rings is 1. The van der Waals surface area contributed by atoms with Crippen molar-refractivity contribution in [3.05, 3.63) is 41.0 Å². The van der Waals surface area contributed by atoms with Crippen LogP contribution in [0.2, 0.25) is 0 Å². The molecule has 4 aliphatic heterocycles. The minimum Gasteiger partial charge on any atom is -0.438 e. The highest BCUT2D eigenvalue weighted by Gasteiger charge is 2.41. The summed E-state index contributed by atoms with van der Waals surface area (Å²) in [5.74, 6) is 1.40. The molecule has 266 valence electrons. The van der Waals surface area contributed by atoms with Gasteiger partial charge in [0.05, 0.1) is 39.3 Å². The summed E-state index contributed by atoms with van der Waals surface area (Å²) in [4.78, 5) is 18.4. The second-order valence-corrected chi connectivity index (χ2v) is 14.6. The number of nitrogens with one attached hydrogen (secondary N) is 3. The van der Waals surface area contributed by atoms with Crippen molar-refractivity contribution in [2.24, 2.45) is 0 Å². The van der Waals surface area contributed by atoms with Crippen molar-refractivity contribution in [3.63, 3.8) is 0 Å². The number of anilines is 1. The zero-order chi connectivity index (χ0) is 34.5. The number of aliphatic hydroxyl groups is 1. The first kappa shape index (κ1) is 35.1. The summed E-state index contributed by atoms with van der Waals surface area (Å²) in [5.41, 5.74) is 5.21. The van der Waals surface area contributed by atoms with Gasteiger partial charge in [0, 0.05) is 31.7 Å². The minimum atomic E-state index is -0.658. The number of amides is 1. The van der Waals surface area contributed by atoms with Gasteiger partial charge in [0.15, 0.2) is 18.7 Å². The van der Waals surface area contributed by atoms with E-state index in [9.17, 15) is 9.90 Å². The Bertz CT molecular complexity index is 1500. The van der Waals surface area contributed by atoms with Gasteiger partial charge >= 0.3 is 18.3 Å². The molecule has 4 atom stereocenters. The predicted octanol–water partition coefficient (Wildman–Crippen LogP) is 0.550. The van der Waals surface area contributed by atoms with Gasteiger partial charge in [-0.15, -0.1) is 0 Å². The summed E-state index contributed by atoms with van der Waals surface area (Å²) >= 11 is 0. The molecule has 0 spiro atoms. The SMILES string of the molecule is C=[N+](C[C@H](O)CCC1=CCc2ccc(NCC3OC=[N+](C)C3C)cc2CC1)C(=O)C1CC(NC2COC2)=[N+]=C(N2CCN(C(C)C)CC2)N1. The Morgan fingerprint density at radius 1 is 1.20 bits per heavy atom. The van der Waals surface area contributed by atoms with E-state index in [4.69, 9.17) is 14.1 Å². The average molecular weight is 678 g/mol. The lowest BCUT2D eigenvalue weighted by atomic mass is 10.00. The minimum absolute atomic E-state index is 0.134. The van der Waals surface area contributed by atoms with Gasteiger partial charge in [0.25, 0.3) is 5.84 Å². The summed E-state index contributed by atoms with van der Waals surface area (Å²) < 4.78 is 19.6. The van der Waals surface area contributed by atoms with Crippen LogP contribution in [0.5, 0.6) is 0 Å². The quantitative estimate of drug-likeness (QED) is 0.115. The highest BCUT2D eigenvalue weighted by atomic mass is 16.5. The van der Waals surface area contributed by atoms with Crippen molar-refractivity contribution < 1.29 is 28.5 Å². The van der Waals surface area contributed by atoms with Gasteiger partial charge in [-0.3, -0.25) is 15.1 Å². The molecule has 4 heterocycles. The third-order valence-electron chi connectivity index (χ3n) is 10.8. The van der Waals surface area contributed by atoms with Crippen molar-refractivity contribution in [1.29, 1.82) is 0 Å². The number of amidine groups is 1. The third-order valence-corrected chi connectivity index (χ3v) is 10.8. The maximum Gasteiger partial charge on any atom is 0.420 e. The van der Waals surface area contributed by atoms with Crippen molar-refractivity contribution in [2.75, 3.05) is 64.8 Å². The van der Waals surface area contributed by atoms with Crippen LogP contribution < -0.4 is 20.6 Å². The number of piperazine rings is 1. The highest BCUT2D eigenvalue weighted by Crippen LogP contribution is 2.26. The molecule has 1 aromatic carbocycles. The summed E-state index contributed by atoms with van der Waals surface area (Å²) in [5, 5.41) is 21.5. The van der Waals surface area contributed by atoms with E-state index in [1.807, 2.05) is 7.05 Å². The molecule has 6 rings (SSSR count). The molecule has 1 aliphatic carbocycles. The molecule has 4 N–H and O–H groups in total. The van der Waals surface area contributed by atoms with E-state index in [0.717, 1.165) is 75.9 Å². The van der Waals surface area contributed by atoms with Crippen molar-refractivity contribution >= 4 is 36.5 Å². The van der Waals surface area contributed by atoms with Crippen molar-refractivity contribution in [3.8, 4) is 0 Å². The standard InChI is InChI=1S/C37H56N8O4/c1-25(2)44-14-16-45(17-15-44)37-40-33(19-35(41-37)39-31-22-48-23-31)36(47)42(4)21-32(46)13-8-27-6-9-28-11-12-30(18-29(28)10-7-27)38-20-34-26(3)43(5)24-49-34/h6,11-12,18,24-26,31-34,38,46H,4,7-10,13-17,19-23H2,1-3,5H3,(H,39,40,41)/q+2/p+1/t26?,32-,33?,34?/m1/s1. The molecule has 2 fully saturated rings. The van der Waals surface area contributed by atoms with Gasteiger partial charge in [-0.1, -0.05) is 17.7 Å². The van der Waals surface area contributed by atoms with Crippen LogP contribution in [-0.2, 0) is 27.1 Å². The van der Waals surface area contributed by atoms with Crippen LogP contribution in [0.25, 0.3) is 0 Å². The van der Waals surface area contributed by atoms with Gasteiger partial charge in [0.2, 0.25) is 6.04 Å². The van der Waals surface area contributed by atoms with Gasteiger partial charge < -0.3 is 25.2 Å². The Balaban J connectivity index is 0.970. The number of aryl methyl sites for hydroxylation is 1. The molecule has 5 aliphatic rings. The maximum absolute atomic E-state index is 13.7. The Morgan fingerprint density at radius 3 is 2.69 bits per heavy atom. The summed E-state index contributed by atoms with van der Waals surface area (Å²) in [7, 11) is 2.04. The predicted molar refractivity (Wildman–Crippen MR) is 194 cm³/mol. The molecule has 1 amide bonds. The molecular weight excluding hydrogens is 620 g/mol. The number of allylic oxidation sites excluding steroid dienone is 2. The lowest BCUT2D eigenvalue weighted by Gasteiger charge is -2.35. The first-order valence-electron chi connectivity index (χ1n) is 18.2. The summed E-state index contributed by atoms with van der Waals surface area (Å²) in [6.45, 7) is 16.6. The monoisotopic (exact) mass is 677 g/mol. The topological polar surface area (TPSA) is 118 Å². The van der Waals surface area contributed by atoms with Crippen molar-refractivity contribution in [1.82, 2.24) is 25.1 Å². The average Bonchev–Trinajstić information content (AvgIpc) is 3.27. The number of rotatable bonds is 11. The van der Waals surface area contributed by atoms with Gasteiger partial charge in [-0.25, -0.2) is 14.0 Å².